The van der Waals surface area contributed by atoms with E-state index in [-0.39, 0.29) is 18.4 Å². The normalized spacial score (nSPS) is 20.2. The first-order valence-electron chi connectivity index (χ1n) is 6.70. The Labute approximate surface area is 113 Å². The number of carbonyl (C=O) groups excluding carboxylic acids is 1. The standard InChI is InChI=1S/C13H23NO5/c1-10(19-9-11-5-4-8-18-11)13(17)14(2)7-3-6-12(15)16/h10-11H,3-9H2,1-2H3,(H,15,16). The number of hydrogen-bond acceptors (Lipinski definition) is 4. The second kappa shape index (κ2) is 8.12. The van der Waals surface area contributed by atoms with E-state index in [0.29, 0.717) is 19.6 Å². The quantitative estimate of drug-likeness (QED) is 0.711. The van der Waals surface area contributed by atoms with E-state index >= 15 is 0 Å². The van der Waals surface area contributed by atoms with Crippen molar-refractivity contribution in [3.8, 4) is 0 Å². The highest BCUT2D eigenvalue weighted by Crippen LogP contribution is 2.13. The Morgan fingerprint density at radius 1 is 1.53 bits per heavy atom. The minimum Gasteiger partial charge on any atom is -0.481 e. The van der Waals surface area contributed by atoms with Crippen molar-refractivity contribution in [2.45, 2.75) is 44.8 Å². The molecule has 2 unspecified atom stereocenters. The van der Waals surface area contributed by atoms with Crippen LogP contribution in [0.5, 0.6) is 0 Å². The summed E-state index contributed by atoms with van der Waals surface area (Å²) in [4.78, 5) is 23.8. The maximum atomic E-state index is 11.9. The third kappa shape index (κ3) is 6.02. The number of carboxylic acids is 1. The summed E-state index contributed by atoms with van der Waals surface area (Å²) in [6.45, 7) is 3.35. The largest absolute Gasteiger partial charge is 0.481 e. The van der Waals surface area contributed by atoms with E-state index in [1.807, 2.05) is 0 Å². The number of hydrogen-bond donors (Lipinski definition) is 1. The number of amides is 1. The minimum atomic E-state index is -0.844. The van der Waals surface area contributed by atoms with Gasteiger partial charge in [0, 0.05) is 26.6 Å². The Morgan fingerprint density at radius 3 is 2.84 bits per heavy atom. The molecule has 1 aliphatic rings. The molecule has 1 N–H and O–H groups in total. The van der Waals surface area contributed by atoms with Gasteiger partial charge in [-0.25, -0.2) is 0 Å². The lowest BCUT2D eigenvalue weighted by Crippen LogP contribution is -2.38. The molecule has 0 radical (unpaired) electrons. The zero-order chi connectivity index (χ0) is 14.3. The van der Waals surface area contributed by atoms with Gasteiger partial charge in [-0.1, -0.05) is 0 Å². The third-order valence-electron chi connectivity index (χ3n) is 3.16. The maximum absolute atomic E-state index is 11.9. The van der Waals surface area contributed by atoms with Gasteiger partial charge in [-0.3, -0.25) is 9.59 Å². The molecule has 0 aliphatic carbocycles. The van der Waals surface area contributed by atoms with Crippen LogP contribution in [0.25, 0.3) is 0 Å². The maximum Gasteiger partial charge on any atom is 0.303 e. The summed E-state index contributed by atoms with van der Waals surface area (Å²) in [5.41, 5.74) is 0. The Morgan fingerprint density at radius 2 is 2.26 bits per heavy atom. The van der Waals surface area contributed by atoms with Gasteiger partial charge in [-0.15, -0.1) is 0 Å². The van der Waals surface area contributed by atoms with Crippen LogP contribution in [0.4, 0.5) is 0 Å². The van der Waals surface area contributed by atoms with Crippen LogP contribution in [0.15, 0.2) is 0 Å². The molecule has 19 heavy (non-hydrogen) atoms. The van der Waals surface area contributed by atoms with Crippen molar-refractivity contribution >= 4 is 11.9 Å². The van der Waals surface area contributed by atoms with Crippen LogP contribution in [-0.4, -0.2) is 60.9 Å². The zero-order valence-corrected chi connectivity index (χ0v) is 11.6. The Kier molecular flexibility index (Phi) is 6.80. The number of likely N-dealkylation sites (N-methyl/N-ethyl adjacent to an activating group) is 1. The van der Waals surface area contributed by atoms with E-state index in [1.54, 1.807) is 14.0 Å². The average Bonchev–Trinajstić information content (AvgIpc) is 2.87. The van der Waals surface area contributed by atoms with Crippen molar-refractivity contribution in [2.75, 3.05) is 26.8 Å². The van der Waals surface area contributed by atoms with E-state index < -0.39 is 12.1 Å². The van der Waals surface area contributed by atoms with Crippen LogP contribution < -0.4 is 0 Å². The van der Waals surface area contributed by atoms with E-state index in [4.69, 9.17) is 14.6 Å². The fraction of sp³-hybridized carbons (Fsp3) is 0.846. The van der Waals surface area contributed by atoms with Gasteiger partial charge in [0.2, 0.25) is 0 Å². The molecule has 0 spiro atoms. The second-order valence-corrected chi connectivity index (χ2v) is 4.87. The first kappa shape index (κ1) is 15.9. The van der Waals surface area contributed by atoms with Crippen LogP contribution in [-0.2, 0) is 19.1 Å². The molecule has 6 heteroatoms. The lowest BCUT2D eigenvalue weighted by Gasteiger charge is -2.22. The molecular weight excluding hydrogens is 250 g/mol. The summed E-state index contributed by atoms with van der Waals surface area (Å²) >= 11 is 0. The number of ether oxygens (including phenoxy) is 2. The molecule has 0 bridgehead atoms. The summed E-state index contributed by atoms with van der Waals surface area (Å²) in [5, 5.41) is 8.54. The van der Waals surface area contributed by atoms with Crippen molar-refractivity contribution in [1.82, 2.24) is 4.90 Å². The predicted molar refractivity (Wildman–Crippen MR) is 68.9 cm³/mol. The van der Waals surface area contributed by atoms with Crippen LogP contribution in [0.3, 0.4) is 0 Å². The first-order chi connectivity index (χ1) is 9.00. The van der Waals surface area contributed by atoms with E-state index in [2.05, 4.69) is 0 Å². The lowest BCUT2D eigenvalue weighted by atomic mass is 10.2. The van der Waals surface area contributed by atoms with Crippen molar-refractivity contribution < 1.29 is 24.2 Å². The Bertz CT molecular complexity index is 301. The van der Waals surface area contributed by atoms with Crippen LogP contribution in [0.1, 0.15) is 32.6 Å². The van der Waals surface area contributed by atoms with E-state index in [9.17, 15) is 9.59 Å². The third-order valence-corrected chi connectivity index (χ3v) is 3.16. The Hall–Kier alpha value is -1.14. The van der Waals surface area contributed by atoms with Gasteiger partial charge in [-0.2, -0.15) is 0 Å². The van der Waals surface area contributed by atoms with Crippen molar-refractivity contribution in [2.24, 2.45) is 0 Å². The van der Waals surface area contributed by atoms with Crippen molar-refractivity contribution in [1.29, 1.82) is 0 Å². The van der Waals surface area contributed by atoms with Crippen molar-refractivity contribution in [3.63, 3.8) is 0 Å². The molecule has 1 aliphatic heterocycles. The zero-order valence-electron chi connectivity index (χ0n) is 11.6. The van der Waals surface area contributed by atoms with Crippen molar-refractivity contribution in [3.05, 3.63) is 0 Å². The topological polar surface area (TPSA) is 76.1 Å². The van der Waals surface area contributed by atoms with Crippen LogP contribution >= 0.6 is 0 Å². The fourth-order valence-corrected chi connectivity index (χ4v) is 1.99. The Balaban J connectivity index is 2.20. The smallest absolute Gasteiger partial charge is 0.303 e. The highest BCUT2D eigenvalue weighted by Gasteiger charge is 2.21. The molecule has 0 aromatic carbocycles. The lowest BCUT2D eigenvalue weighted by molar-refractivity contribution is -0.144. The SMILES string of the molecule is CC(OCC1CCCO1)C(=O)N(C)CCCC(=O)O. The minimum absolute atomic E-state index is 0.0722. The molecule has 6 nitrogen and oxygen atoms in total. The average molecular weight is 273 g/mol. The van der Waals surface area contributed by atoms with Gasteiger partial charge in [0.25, 0.3) is 5.91 Å². The molecular formula is C13H23NO5. The fourth-order valence-electron chi connectivity index (χ4n) is 1.99. The monoisotopic (exact) mass is 273 g/mol. The van der Waals surface area contributed by atoms with Gasteiger partial charge in [0.05, 0.1) is 12.7 Å². The van der Waals surface area contributed by atoms with Gasteiger partial charge >= 0.3 is 5.97 Å². The molecule has 2 atom stereocenters. The summed E-state index contributed by atoms with van der Waals surface area (Å²) < 4.78 is 10.9. The second-order valence-electron chi connectivity index (χ2n) is 4.87. The number of rotatable bonds is 8. The summed E-state index contributed by atoms with van der Waals surface area (Å²) in [6, 6.07) is 0. The van der Waals surface area contributed by atoms with Gasteiger partial charge in [0.15, 0.2) is 0 Å². The highest BCUT2D eigenvalue weighted by molar-refractivity contribution is 5.80. The summed E-state index contributed by atoms with van der Waals surface area (Å²) in [6.07, 6.45) is 2.14. The molecule has 1 fully saturated rings. The van der Waals surface area contributed by atoms with E-state index in [0.717, 1.165) is 19.4 Å². The molecule has 0 aromatic rings. The van der Waals surface area contributed by atoms with Gasteiger partial charge < -0.3 is 19.5 Å². The number of nitrogens with zero attached hydrogens (tertiary/aromatic N) is 1. The van der Waals surface area contributed by atoms with Gasteiger partial charge in [0.1, 0.15) is 6.10 Å². The molecule has 1 saturated heterocycles. The summed E-state index contributed by atoms with van der Waals surface area (Å²) in [5.74, 6) is -0.966. The molecule has 110 valence electrons. The molecule has 0 aromatic heterocycles. The highest BCUT2D eigenvalue weighted by atomic mass is 16.5. The molecule has 1 heterocycles. The van der Waals surface area contributed by atoms with Crippen LogP contribution in [0, 0.1) is 0 Å². The molecule has 1 amide bonds. The number of aliphatic carboxylic acids is 1. The van der Waals surface area contributed by atoms with Crippen LogP contribution in [0.2, 0.25) is 0 Å². The summed E-state index contributed by atoms with van der Waals surface area (Å²) in [7, 11) is 1.66. The number of carbonyl (C=O) groups is 2. The predicted octanol–water partition coefficient (Wildman–Crippen LogP) is 0.894. The number of carboxylic acid groups (broad SMARTS) is 1. The van der Waals surface area contributed by atoms with Gasteiger partial charge in [-0.05, 0) is 26.2 Å². The first-order valence-corrected chi connectivity index (χ1v) is 6.70. The molecule has 1 rings (SSSR count). The molecule has 0 saturated carbocycles. The van der Waals surface area contributed by atoms with E-state index in [1.165, 1.54) is 4.90 Å².